The molecule has 0 aliphatic carbocycles. The van der Waals surface area contributed by atoms with Gasteiger partial charge in [-0.05, 0) is 24.6 Å². The van der Waals surface area contributed by atoms with E-state index in [4.69, 9.17) is 0 Å². The van der Waals surface area contributed by atoms with Gasteiger partial charge in [0.15, 0.2) is 0 Å². The number of nitrogens with one attached hydrogen (secondary N) is 2. The first-order valence-electron chi connectivity index (χ1n) is 6.52. The summed E-state index contributed by atoms with van der Waals surface area (Å²) in [7, 11) is 0. The number of fused-ring (bicyclic) bond motifs is 1. The fourth-order valence-corrected chi connectivity index (χ4v) is 2.19. The number of H-pyrrole nitrogens is 1. The van der Waals surface area contributed by atoms with Crippen molar-refractivity contribution in [1.82, 2.24) is 15.3 Å². The number of carbonyl (C=O) groups is 1. The van der Waals surface area contributed by atoms with Gasteiger partial charge in [0, 0.05) is 11.6 Å². The molecule has 100 valence electrons. The van der Waals surface area contributed by atoms with E-state index >= 15 is 0 Å². The molecular formula is C16H15N3O. The highest BCUT2D eigenvalue weighted by atomic mass is 16.1. The Morgan fingerprint density at radius 2 is 2.05 bits per heavy atom. The van der Waals surface area contributed by atoms with Crippen molar-refractivity contribution in [3.63, 3.8) is 0 Å². The largest absolute Gasteiger partial charge is 0.349 e. The standard InChI is InChI=1S/C16H15N3O/c1-11(12-5-3-2-4-6-12)18-16(20)14-9-13-7-8-17-10-15(13)19-14/h2-11,19H,1H3,(H,18,20)/t11-/m1/s1. The molecule has 0 spiro atoms. The van der Waals surface area contributed by atoms with Gasteiger partial charge in [-0.15, -0.1) is 0 Å². The number of hydrogen-bond acceptors (Lipinski definition) is 2. The van der Waals surface area contributed by atoms with Crippen molar-refractivity contribution >= 4 is 16.8 Å². The first-order chi connectivity index (χ1) is 9.74. The van der Waals surface area contributed by atoms with Crippen LogP contribution in [0.4, 0.5) is 0 Å². The van der Waals surface area contributed by atoms with Gasteiger partial charge in [0.1, 0.15) is 5.69 Å². The van der Waals surface area contributed by atoms with Crippen molar-refractivity contribution in [3.05, 3.63) is 66.1 Å². The molecule has 2 aromatic heterocycles. The molecule has 0 aliphatic heterocycles. The lowest BCUT2D eigenvalue weighted by atomic mass is 10.1. The molecule has 2 N–H and O–H groups in total. The van der Waals surface area contributed by atoms with Crippen LogP contribution in [0.2, 0.25) is 0 Å². The number of hydrogen-bond donors (Lipinski definition) is 2. The Hall–Kier alpha value is -2.62. The van der Waals surface area contributed by atoms with Crippen LogP contribution in [0.15, 0.2) is 54.9 Å². The molecule has 0 unspecified atom stereocenters. The molecule has 0 bridgehead atoms. The average molecular weight is 265 g/mol. The molecule has 0 aliphatic rings. The van der Waals surface area contributed by atoms with Crippen LogP contribution in [0.25, 0.3) is 10.9 Å². The van der Waals surface area contributed by atoms with Gasteiger partial charge in [-0.1, -0.05) is 30.3 Å². The van der Waals surface area contributed by atoms with E-state index in [2.05, 4.69) is 15.3 Å². The third kappa shape index (κ3) is 2.40. The van der Waals surface area contributed by atoms with E-state index in [-0.39, 0.29) is 11.9 Å². The van der Waals surface area contributed by atoms with Crippen LogP contribution >= 0.6 is 0 Å². The normalized spacial score (nSPS) is 12.2. The summed E-state index contributed by atoms with van der Waals surface area (Å²) < 4.78 is 0. The van der Waals surface area contributed by atoms with Crippen LogP contribution in [0, 0.1) is 0 Å². The molecule has 1 aromatic carbocycles. The molecule has 1 amide bonds. The number of aromatic nitrogens is 2. The molecule has 1 atom stereocenters. The highest BCUT2D eigenvalue weighted by Gasteiger charge is 2.13. The summed E-state index contributed by atoms with van der Waals surface area (Å²) in [6.07, 6.45) is 3.43. The number of rotatable bonds is 3. The number of benzene rings is 1. The van der Waals surface area contributed by atoms with Crippen LogP contribution in [0.1, 0.15) is 29.0 Å². The number of pyridine rings is 1. The molecule has 4 heteroatoms. The van der Waals surface area contributed by atoms with Gasteiger partial charge < -0.3 is 10.3 Å². The molecular weight excluding hydrogens is 250 g/mol. The van der Waals surface area contributed by atoms with E-state index in [1.807, 2.05) is 49.4 Å². The van der Waals surface area contributed by atoms with Gasteiger partial charge in [-0.3, -0.25) is 9.78 Å². The molecule has 0 saturated heterocycles. The Balaban J connectivity index is 1.79. The Bertz CT molecular complexity index is 701. The highest BCUT2D eigenvalue weighted by molar-refractivity contribution is 5.97. The maximum absolute atomic E-state index is 12.2. The first-order valence-corrected chi connectivity index (χ1v) is 6.52. The summed E-state index contributed by atoms with van der Waals surface area (Å²) in [4.78, 5) is 19.3. The van der Waals surface area contributed by atoms with E-state index in [0.29, 0.717) is 5.69 Å². The maximum atomic E-state index is 12.2. The quantitative estimate of drug-likeness (QED) is 0.764. The Morgan fingerprint density at radius 3 is 2.80 bits per heavy atom. The second-order valence-corrected chi connectivity index (χ2v) is 4.75. The van der Waals surface area contributed by atoms with E-state index in [1.165, 1.54) is 0 Å². The number of carbonyl (C=O) groups excluding carboxylic acids is 1. The summed E-state index contributed by atoms with van der Waals surface area (Å²) in [5, 5.41) is 3.97. The summed E-state index contributed by atoms with van der Waals surface area (Å²) in [6.45, 7) is 1.97. The minimum Gasteiger partial charge on any atom is -0.349 e. The zero-order valence-electron chi connectivity index (χ0n) is 11.1. The third-order valence-corrected chi connectivity index (χ3v) is 3.32. The van der Waals surface area contributed by atoms with Crippen molar-refractivity contribution < 1.29 is 4.79 Å². The Labute approximate surface area is 116 Å². The summed E-state index contributed by atoms with van der Waals surface area (Å²) in [5.41, 5.74) is 2.50. The molecule has 2 heterocycles. The topological polar surface area (TPSA) is 57.8 Å². The molecule has 3 aromatic rings. The van der Waals surface area contributed by atoms with Gasteiger partial charge in [0.2, 0.25) is 0 Å². The van der Waals surface area contributed by atoms with E-state index < -0.39 is 0 Å². The van der Waals surface area contributed by atoms with Crippen molar-refractivity contribution in [2.24, 2.45) is 0 Å². The summed E-state index contributed by atoms with van der Waals surface area (Å²) in [5.74, 6) is -0.113. The molecule has 0 saturated carbocycles. The second kappa shape index (κ2) is 5.17. The number of amides is 1. The van der Waals surface area contributed by atoms with Gasteiger partial charge >= 0.3 is 0 Å². The van der Waals surface area contributed by atoms with E-state index in [0.717, 1.165) is 16.5 Å². The van der Waals surface area contributed by atoms with Crippen molar-refractivity contribution in [2.45, 2.75) is 13.0 Å². The lowest BCUT2D eigenvalue weighted by Crippen LogP contribution is -2.26. The van der Waals surface area contributed by atoms with Crippen LogP contribution in [-0.2, 0) is 0 Å². The lowest BCUT2D eigenvalue weighted by Gasteiger charge is -2.13. The Morgan fingerprint density at radius 1 is 1.25 bits per heavy atom. The average Bonchev–Trinajstić information content (AvgIpc) is 2.92. The van der Waals surface area contributed by atoms with Crippen LogP contribution in [0.3, 0.4) is 0 Å². The van der Waals surface area contributed by atoms with Gasteiger partial charge in [-0.25, -0.2) is 0 Å². The van der Waals surface area contributed by atoms with Crippen molar-refractivity contribution in [1.29, 1.82) is 0 Å². The van der Waals surface area contributed by atoms with Gasteiger partial charge in [0.25, 0.3) is 5.91 Å². The predicted molar refractivity (Wildman–Crippen MR) is 78.4 cm³/mol. The predicted octanol–water partition coefficient (Wildman–Crippen LogP) is 3.05. The Kier molecular flexibility index (Phi) is 3.21. The van der Waals surface area contributed by atoms with Gasteiger partial charge in [0.05, 0.1) is 17.8 Å². The molecule has 4 nitrogen and oxygen atoms in total. The minimum absolute atomic E-state index is 0.0340. The minimum atomic E-state index is -0.113. The van der Waals surface area contributed by atoms with Crippen molar-refractivity contribution in [2.75, 3.05) is 0 Å². The SMILES string of the molecule is C[C@@H](NC(=O)c1cc2ccncc2[nH]1)c1ccccc1. The lowest BCUT2D eigenvalue weighted by molar-refractivity contribution is 0.0935. The van der Waals surface area contributed by atoms with Crippen LogP contribution in [0.5, 0.6) is 0 Å². The zero-order chi connectivity index (χ0) is 13.9. The van der Waals surface area contributed by atoms with Crippen LogP contribution in [-0.4, -0.2) is 15.9 Å². The summed E-state index contributed by atoms with van der Waals surface area (Å²) >= 11 is 0. The molecule has 0 radical (unpaired) electrons. The second-order valence-electron chi connectivity index (χ2n) is 4.75. The smallest absolute Gasteiger partial charge is 0.268 e. The number of nitrogens with zero attached hydrogens (tertiary/aromatic N) is 1. The molecule has 3 rings (SSSR count). The zero-order valence-corrected chi connectivity index (χ0v) is 11.1. The monoisotopic (exact) mass is 265 g/mol. The molecule has 20 heavy (non-hydrogen) atoms. The van der Waals surface area contributed by atoms with Crippen molar-refractivity contribution in [3.8, 4) is 0 Å². The van der Waals surface area contributed by atoms with Gasteiger partial charge in [-0.2, -0.15) is 0 Å². The third-order valence-electron chi connectivity index (χ3n) is 3.32. The van der Waals surface area contributed by atoms with Crippen LogP contribution < -0.4 is 5.32 Å². The fourth-order valence-electron chi connectivity index (χ4n) is 2.19. The number of aromatic amines is 1. The maximum Gasteiger partial charge on any atom is 0.268 e. The van der Waals surface area contributed by atoms with E-state index in [9.17, 15) is 4.79 Å². The fraction of sp³-hybridized carbons (Fsp3) is 0.125. The highest BCUT2D eigenvalue weighted by Crippen LogP contribution is 2.15. The summed E-state index contributed by atoms with van der Waals surface area (Å²) in [6, 6.07) is 13.6. The molecule has 0 fully saturated rings. The van der Waals surface area contributed by atoms with E-state index in [1.54, 1.807) is 12.4 Å². The first kappa shape index (κ1) is 12.4.